The molecule has 1 N–H and O–H groups in total. The number of fused-ring (bicyclic) bond motifs is 1. The van der Waals surface area contributed by atoms with Gasteiger partial charge in [-0.25, -0.2) is 9.48 Å². The van der Waals surface area contributed by atoms with Gasteiger partial charge in [-0.2, -0.15) is 0 Å². The Morgan fingerprint density at radius 1 is 1.13 bits per heavy atom. The Bertz CT molecular complexity index is 1080. The first kappa shape index (κ1) is 21.3. The minimum atomic E-state index is -0.165. The van der Waals surface area contributed by atoms with Crippen LogP contribution >= 0.6 is 0 Å². The Balaban J connectivity index is 1.25. The van der Waals surface area contributed by atoms with E-state index in [1.54, 1.807) is 18.3 Å². The van der Waals surface area contributed by atoms with Crippen molar-refractivity contribution in [2.75, 3.05) is 19.6 Å². The zero-order valence-electron chi connectivity index (χ0n) is 18.0. The van der Waals surface area contributed by atoms with Crippen LogP contribution in [0, 0.1) is 0 Å². The summed E-state index contributed by atoms with van der Waals surface area (Å²) in [5, 5.41) is 7.22. The molecule has 3 heterocycles. The third kappa shape index (κ3) is 5.21. The second-order valence-electron chi connectivity index (χ2n) is 8.19. The molecule has 0 radical (unpaired) electrons. The maximum Gasteiger partial charge on any atom is 0.350 e. The predicted molar refractivity (Wildman–Crippen MR) is 118 cm³/mol. The Labute approximate surface area is 181 Å². The molecule has 8 nitrogen and oxygen atoms in total. The average molecular weight is 424 g/mol. The lowest BCUT2D eigenvalue weighted by atomic mass is 10.1. The van der Waals surface area contributed by atoms with E-state index >= 15 is 0 Å². The molecule has 1 saturated heterocycles. The lowest BCUT2D eigenvalue weighted by molar-refractivity contribution is -0.0704. The highest BCUT2D eigenvalue weighted by molar-refractivity contribution is 5.94. The molecular weight excluding hydrogens is 394 g/mol. The van der Waals surface area contributed by atoms with E-state index < -0.39 is 0 Å². The third-order valence-corrected chi connectivity index (χ3v) is 5.44. The lowest BCUT2D eigenvalue weighted by Crippen LogP contribution is -2.44. The van der Waals surface area contributed by atoms with E-state index in [9.17, 15) is 9.59 Å². The number of carbonyl (C=O) groups excluding carboxylic acids is 1. The van der Waals surface area contributed by atoms with E-state index in [0.717, 1.165) is 19.6 Å². The Hall–Kier alpha value is -2.97. The molecule has 2 unspecified atom stereocenters. The highest BCUT2D eigenvalue weighted by atomic mass is 16.5. The second kappa shape index (κ2) is 9.45. The largest absolute Gasteiger partial charge is 0.373 e. The van der Waals surface area contributed by atoms with Gasteiger partial charge in [0.05, 0.1) is 12.2 Å². The fourth-order valence-corrected chi connectivity index (χ4v) is 4.08. The molecule has 3 aromatic rings. The van der Waals surface area contributed by atoms with Crippen LogP contribution in [0.3, 0.4) is 0 Å². The smallest absolute Gasteiger partial charge is 0.350 e. The number of benzene rings is 1. The zero-order valence-corrected chi connectivity index (χ0v) is 18.0. The van der Waals surface area contributed by atoms with Crippen LogP contribution in [0.25, 0.3) is 5.65 Å². The third-order valence-electron chi connectivity index (χ3n) is 5.44. The zero-order chi connectivity index (χ0) is 21.8. The van der Waals surface area contributed by atoms with Crippen molar-refractivity contribution in [1.82, 2.24) is 24.4 Å². The van der Waals surface area contributed by atoms with Crippen LogP contribution in [0.1, 0.15) is 36.2 Å². The lowest BCUT2D eigenvalue weighted by Gasteiger charge is -2.35. The number of amides is 1. The van der Waals surface area contributed by atoms with E-state index in [4.69, 9.17) is 4.74 Å². The second-order valence-corrected chi connectivity index (χ2v) is 8.19. The highest BCUT2D eigenvalue weighted by Crippen LogP contribution is 2.14. The number of rotatable bonds is 7. The van der Waals surface area contributed by atoms with Gasteiger partial charge in [-0.3, -0.25) is 14.1 Å². The molecular formula is C23H29N5O3. The molecule has 31 heavy (non-hydrogen) atoms. The molecule has 1 aliphatic heterocycles. The summed E-state index contributed by atoms with van der Waals surface area (Å²) in [4.78, 5) is 27.1. The first-order valence-corrected chi connectivity index (χ1v) is 10.8. The highest BCUT2D eigenvalue weighted by Gasteiger charge is 2.22. The normalized spacial score (nSPS) is 19.5. The molecule has 2 atom stereocenters. The summed E-state index contributed by atoms with van der Waals surface area (Å²) in [7, 11) is 0. The van der Waals surface area contributed by atoms with Crippen molar-refractivity contribution in [3.63, 3.8) is 0 Å². The van der Waals surface area contributed by atoms with Crippen molar-refractivity contribution in [2.45, 2.75) is 45.6 Å². The van der Waals surface area contributed by atoms with Crippen molar-refractivity contribution in [3.8, 4) is 0 Å². The maximum atomic E-state index is 12.4. The molecule has 1 fully saturated rings. The Kier molecular flexibility index (Phi) is 6.48. The van der Waals surface area contributed by atoms with Gasteiger partial charge in [-0.1, -0.05) is 18.2 Å². The van der Waals surface area contributed by atoms with Gasteiger partial charge in [0, 0.05) is 44.5 Å². The van der Waals surface area contributed by atoms with Crippen LogP contribution in [0.2, 0.25) is 0 Å². The first-order valence-electron chi connectivity index (χ1n) is 10.8. The molecule has 0 bridgehead atoms. The van der Waals surface area contributed by atoms with Crippen LogP contribution in [0.15, 0.2) is 53.5 Å². The Morgan fingerprint density at radius 2 is 1.87 bits per heavy atom. The van der Waals surface area contributed by atoms with Crippen LogP contribution in [0.5, 0.6) is 0 Å². The van der Waals surface area contributed by atoms with Gasteiger partial charge >= 0.3 is 5.69 Å². The summed E-state index contributed by atoms with van der Waals surface area (Å²) in [5.41, 5.74) is 2.28. The first-order chi connectivity index (χ1) is 15.0. The summed E-state index contributed by atoms with van der Waals surface area (Å²) < 4.78 is 8.73. The van der Waals surface area contributed by atoms with E-state index in [-0.39, 0.29) is 23.8 Å². The van der Waals surface area contributed by atoms with E-state index in [1.165, 1.54) is 14.6 Å². The molecule has 164 valence electrons. The van der Waals surface area contributed by atoms with Crippen molar-refractivity contribution < 1.29 is 9.53 Å². The minimum absolute atomic E-state index is 0.109. The number of nitrogens with one attached hydrogen (secondary N) is 1. The summed E-state index contributed by atoms with van der Waals surface area (Å²) in [6.45, 7) is 7.82. The molecule has 8 heteroatoms. The summed E-state index contributed by atoms with van der Waals surface area (Å²) in [5.74, 6) is -0.109. The molecule has 4 rings (SSSR count). The summed E-state index contributed by atoms with van der Waals surface area (Å²) in [6, 6.07) is 13.2. The number of pyridine rings is 1. The standard InChI is InChI=1S/C23H29N5O3/c1-17-14-26(15-18(2)31-17)16-19-7-9-20(10-8-19)22(29)24-11-5-13-28-23(30)27-12-4-3-6-21(27)25-28/h3-4,6-10,12,17-18H,5,11,13-16H2,1-2H3,(H,24,29). The monoisotopic (exact) mass is 423 g/mol. The topological polar surface area (TPSA) is 80.9 Å². The van der Waals surface area contributed by atoms with Gasteiger partial charge in [0.1, 0.15) is 0 Å². The maximum absolute atomic E-state index is 12.4. The van der Waals surface area contributed by atoms with Gasteiger partial charge in [0.2, 0.25) is 0 Å². The number of aromatic nitrogens is 3. The van der Waals surface area contributed by atoms with E-state index in [0.29, 0.717) is 30.7 Å². The number of ether oxygens (including phenoxy) is 1. The summed E-state index contributed by atoms with van der Waals surface area (Å²) in [6.07, 6.45) is 2.81. The van der Waals surface area contributed by atoms with Gasteiger partial charge in [0.25, 0.3) is 5.91 Å². The minimum Gasteiger partial charge on any atom is -0.373 e. The van der Waals surface area contributed by atoms with Gasteiger partial charge in [0.15, 0.2) is 5.65 Å². The van der Waals surface area contributed by atoms with Gasteiger partial charge in [-0.05, 0) is 50.1 Å². The molecule has 2 aromatic heterocycles. The summed E-state index contributed by atoms with van der Waals surface area (Å²) >= 11 is 0. The number of aryl methyl sites for hydroxylation is 1. The van der Waals surface area contributed by atoms with Gasteiger partial charge in [-0.15, -0.1) is 5.10 Å². The molecule has 0 spiro atoms. The number of carbonyl (C=O) groups is 1. The van der Waals surface area contributed by atoms with Gasteiger partial charge < -0.3 is 10.1 Å². The Morgan fingerprint density at radius 3 is 2.58 bits per heavy atom. The average Bonchev–Trinajstić information content (AvgIpc) is 3.07. The van der Waals surface area contributed by atoms with Crippen molar-refractivity contribution in [2.24, 2.45) is 0 Å². The number of morpholine rings is 1. The van der Waals surface area contributed by atoms with Crippen LogP contribution in [-0.2, 0) is 17.8 Å². The van der Waals surface area contributed by atoms with E-state index in [1.807, 2.05) is 30.3 Å². The van der Waals surface area contributed by atoms with Crippen LogP contribution in [0.4, 0.5) is 0 Å². The predicted octanol–water partition coefficient (Wildman–Crippen LogP) is 1.93. The van der Waals surface area contributed by atoms with Crippen LogP contribution < -0.4 is 11.0 Å². The molecule has 1 amide bonds. The van der Waals surface area contributed by atoms with E-state index in [2.05, 4.69) is 29.2 Å². The van der Waals surface area contributed by atoms with Crippen molar-refractivity contribution >= 4 is 11.6 Å². The number of hydrogen-bond acceptors (Lipinski definition) is 5. The number of nitrogens with zero attached hydrogens (tertiary/aromatic N) is 4. The van der Waals surface area contributed by atoms with Crippen LogP contribution in [-0.4, -0.2) is 56.8 Å². The quantitative estimate of drug-likeness (QED) is 0.588. The fourth-order valence-electron chi connectivity index (χ4n) is 4.08. The van der Waals surface area contributed by atoms with Crippen molar-refractivity contribution in [1.29, 1.82) is 0 Å². The van der Waals surface area contributed by atoms with Crippen molar-refractivity contribution in [3.05, 3.63) is 70.3 Å². The molecule has 0 saturated carbocycles. The molecule has 1 aliphatic rings. The molecule has 1 aromatic carbocycles. The number of hydrogen-bond donors (Lipinski definition) is 1. The SMILES string of the molecule is CC1CN(Cc2ccc(C(=O)NCCCn3nc4ccccn4c3=O)cc2)CC(C)O1. The molecule has 0 aliphatic carbocycles. The fraction of sp³-hybridized carbons (Fsp3) is 0.435.